The van der Waals surface area contributed by atoms with Crippen LogP contribution in [-0.4, -0.2) is 53.5 Å². The molecule has 0 bridgehead atoms. The number of nitrogens with zero attached hydrogens (tertiary/aromatic N) is 7. The Morgan fingerprint density at radius 3 is 2.63 bits per heavy atom. The number of likely N-dealkylation sites (tertiary alicyclic amines) is 1. The summed E-state index contributed by atoms with van der Waals surface area (Å²) in [7, 11) is 0. The van der Waals surface area contributed by atoms with Crippen LogP contribution in [0.15, 0.2) is 42.5 Å². The second-order valence-corrected chi connectivity index (χ2v) is 9.38. The van der Waals surface area contributed by atoms with E-state index in [0.29, 0.717) is 24.4 Å². The van der Waals surface area contributed by atoms with Crippen molar-refractivity contribution in [3.05, 3.63) is 70.8 Å². The predicted molar refractivity (Wildman–Crippen MR) is 135 cm³/mol. The molecule has 182 valence electrons. The molecule has 1 saturated heterocycles. The van der Waals surface area contributed by atoms with Gasteiger partial charge in [0.25, 0.3) is 0 Å². The lowest BCUT2D eigenvalue weighted by molar-refractivity contribution is -0.130. The van der Waals surface area contributed by atoms with Crippen LogP contribution in [0.5, 0.6) is 0 Å². The predicted octanol–water partition coefficient (Wildman–Crippen LogP) is 3.77. The minimum atomic E-state index is 0.247. The van der Waals surface area contributed by atoms with E-state index in [1.54, 1.807) is 4.52 Å². The Bertz CT molecular complexity index is 1320. The van der Waals surface area contributed by atoms with Crippen molar-refractivity contribution in [2.75, 3.05) is 13.1 Å². The van der Waals surface area contributed by atoms with E-state index >= 15 is 0 Å². The van der Waals surface area contributed by atoms with E-state index in [2.05, 4.69) is 59.3 Å². The molecule has 1 atom stereocenters. The number of carbonyl (C=O) groups excluding carboxylic acids is 1. The van der Waals surface area contributed by atoms with Gasteiger partial charge in [0.1, 0.15) is 0 Å². The van der Waals surface area contributed by atoms with Gasteiger partial charge in [-0.05, 0) is 68.2 Å². The zero-order valence-corrected chi connectivity index (χ0v) is 20.8. The number of aryl methyl sites for hydroxylation is 2. The van der Waals surface area contributed by atoms with E-state index in [-0.39, 0.29) is 5.91 Å². The monoisotopic (exact) mass is 471 g/mol. The summed E-state index contributed by atoms with van der Waals surface area (Å²) in [5.74, 6) is 2.28. The Hall–Kier alpha value is -3.55. The average molecular weight is 472 g/mol. The third kappa shape index (κ3) is 4.70. The SMILES string of the molecule is CCc1nn(-c2ccc3nnc(C)n3n2)c(CC)c1CCC(=O)N1CCC(Cc2ccccc2)C1. The maximum Gasteiger partial charge on any atom is 0.222 e. The summed E-state index contributed by atoms with van der Waals surface area (Å²) < 4.78 is 3.67. The Kier molecular flexibility index (Phi) is 6.61. The standard InChI is InChI=1S/C27H33N7O/c1-4-23-22(11-14-27(35)32-16-15-21(18-32)17-20-9-7-6-8-10-20)24(5-2)34(30-23)26-13-12-25-29-28-19(3)33(25)31-26/h6-10,12-13,21H,4-5,11,14-18H2,1-3H3. The molecule has 35 heavy (non-hydrogen) atoms. The molecule has 4 heterocycles. The van der Waals surface area contributed by atoms with Crippen molar-refractivity contribution in [3.63, 3.8) is 0 Å². The second kappa shape index (κ2) is 9.98. The molecule has 0 N–H and O–H groups in total. The third-order valence-electron chi connectivity index (χ3n) is 7.06. The molecule has 8 heteroatoms. The molecule has 1 fully saturated rings. The van der Waals surface area contributed by atoms with Crippen LogP contribution in [0, 0.1) is 12.8 Å². The van der Waals surface area contributed by atoms with Gasteiger partial charge in [-0.2, -0.15) is 9.61 Å². The van der Waals surface area contributed by atoms with Crippen molar-refractivity contribution in [1.29, 1.82) is 0 Å². The number of hydrogen-bond donors (Lipinski definition) is 0. The van der Waals surface area contributed by atoms with Gasteiger partial charge in [-0.3, -0.25) is 4.79 Å². The lowest BCUT2D eigenvalue weighted by Crippen LogP contribution is -2.29. The van der Waals surface area contributed by atoms with Gasteiger partial charge in [0.15, 0.2) is 17.3 Å². The lowest BCUT2D eigenvalue weighted by atomic mass is 9.99. The van der Waals surface area contributed by atoms with Gasteiger partial charge in [0.05, 0.1) is 5.69 Å². The van der Waals surface area contributed by atoms with Crippen molar-refractivity contribution in [3.8, 4) is 5.82 Å². The molecule has 0 aliphatic carbocycles. The number of aromatic nitrogens is 6. The number of rotatable bonds is 8. The van der Waals surface area contributed by atoms with E-state index in [0.717, 1.165) is 61.8 Å². The first-order valence-electron chi connectivity index (χ1n) is 12.7. The van der Waals surface area contributed by atoms with Crippen molar-refractivity contribution in [2.24, 2.45) is 5.92 Å². The van der Waals surface area contributed by atoms with E-state index < -0.39 is 0 Å². The van der Waals surface area contributed by atoms with Gasteiger partial charge < -0.3 is 4.90 Å². The largest absolute Gasteiger partial charge is 0.342 e. The summed E-state index contributed by atoms with van der Waals surface area (Å²) in [4.78, 5) is 15.2. The molecule has 1 aliphatic heterocycles. The Balaban J connectivity index is 1.29. The fraction of sp³-hybridized carbons (Fsp3) is 0.444. The fourth-order valence-electron chi connectivity index (χ4n) is 5.22. The summed E-state index contributed by atoms with van der Waals surface area (Å²) in [6, 6.07) is 14.4. The molecular formula is C27H33N7O. The Morgan fingerprint density at radius 1 is 1.03 bits per heavy atom. The van der Waals surface area contributed by atoms with Crippen LogP contribution in [-0.2, 0) is 30.5 Å². The minimum Gasteiger partial charge on any atom is -0.342 e. The van der Waals surface area contributed by atoms with Crippen molar-refractivity contribution in [1.82, 2.24) is 34.5 Å². The van der Waals surface area contributed by atoms with Crippen LogP contribution in [0.1, 0.15) is 55.0 Å². The van der Waals surface area contributed by atoms with Gasteiger partial charge >= 0.3 is 0 Å². The van der Waals surface area contributed by atoms with Crippen LogP contribution in [0.2, 0.25) is 0 Å². The van der Waals surface area contributed by atoms with Crippen molar-refractivity contribution in [2.45, 2.75) is 59.3 Å². The Labute approximate surface area is 206 Å². The molecule has 8 nitrogen and oxygen atoms in total. The average Bonchev–Trinajstić information content (AvgIpc) is 3.60. The molecule has 1 aromatic carbocycles. The molecule has 0 radical (unpaired) electrons. The molecule has 1 aliphatic rings. The summed E-state index contributed by atoms with van der Waals surface area (Å²) in [6.07, 6.45) is 4.98. The van der Waals surface area contributed by atoms with Crippen LogP contribution in [0.3, 0.4) is 0 Å². The molecule has 4 aromatic rings. The molecular weight excluding hydrogens is 438 g/mol. The minimum absolute atomic E-state index is 0.247. The third-order valence-corrected chi connectivity index (χ3v) is 7.06. The van der Waals surface area contributed by atoms with E-state index in [1.807, 2.05) is 23.7 Å². The molecule has 0 spiro atoms. The maximum absolute atomic E-state index is 13.1. The highest BCUT2D eigenvalue weighted by Gasteiger charge is 2.27. The smallest absolute Gasteiger partial charge is 0.222 e. The highest BCUT2D eigenvalue weighted by molar-refractivity contribution is 5.76. The maximum atomic E-state index is 13.1. The molecule has 0 saturated carbocycles. The van der Waals surface area contributed by atoms with E-state index in [9.17, 15) is 4.79 Å². The lowest BCUT2D eigenvalue weighted by Gasteiger charge is -2.17. The van der Waals surface area contributed by atoms with Crippen LogP contribution in [0.4, 0.5) is 0 Å². The number of benzene rings is 1. The van der Waals surface area contributed by atoms with Crippen molar-refractivity contribution < 1.29 is 4.79 Å². The van der Waals surface area contributed by atoms with Crippen LogP contribution >= 0.6 is 0 Å². The molecule has 1 unspecified atom stereocenters. The summed E-state index contributed by atoms with van der Waals surface area (Å²) in [6.45, 7) is 7.86. The highest BCUT2D eigenvalue weighted by Crippen LogP contribution is 2.24. The first-order chi connectivity index (χ1) is 17.1. The van der Waals surface area contributed by atoms with Gasteiger partial charge in [0.2, 0.25) is 5.91 Å². The zero-order chi connectivity index (χ0) is 24.4. The summed E-state index contributed by atoms with van der Waals surface area (Å²) >= 11 is 0. The first-order valence-corrected chi connectivity index (χ1v) is 12.7. The summed E-state index contributed by atoms with van der Waals surface area (Å²) in [5, 5.41) is 17.9. The molecule has 3 aromatic heterocycles. The van der Waals surface area contributed by atoms with Crippen LogP contribution < -0.4 is 0 Å². The van der Waals surface area contributed by atoms with E-state index in [4.69, 9.17) is 10.2 Å². The zero-order valence-electron chi connectivity index (χ0n) is 20.8. The number of amides is 1. The van der Waals surface area contributed by atoms with Crippen LogP contribution in [0.25, 0.3) is 11.5 Å². The van der Waals surface area contributed by atoms with E-state index in [1.165, 1.54) is 11.1 Å². The van der Waals surface area contributed by atoms with Gasteiger partial charge in [0, 0.05) is 25.2 Å². The van der Waals surface area contributed by atoms with Gasteiger partial charge in [-0.25, -0.2) is 4.68 Å². The highest BCUT2D eigenvalue weighted by atomic mass is 16.2. The number of carbonyl (C=O) groups is 1. The quantitative estimate of drug-likeness (QED) is 0.391. The summed E-state index contributed by atoms with van der Waals surface area (Å²) in [5.41, 5.74) is 5.42. The molecule has 5 rings (SSSR count). The fourth-order valence-corrected chi connectivity index (χ4v) is 5.22. The topological polar surface area (TPSA) is 81.2 Å². The first kappa shape index (κ1) is 23.2. The second-order valence-electron chi connectivity index (χ2n) is 9.38. The van der Waals surface area contributed by atoms with Gasteiger partial charge in [-0.15, -0.1) is 15.3 Å². The number of fused-ring (bicyclic) bond motifs is 1. The normalized spacial score (nSPS) is 15.9. The molecule has 1 amide bonds. The van der Waals surface area contributed by atoms with Crippen molar-refractivity contribution >= 4 is 11.6 Å². The number of hydrogen-bond acceptors (Lipinski definition) is 5. The van der Waals surface area contributed by atoms with Gasteiger partial charge in [-0.1, -0.05) is 44.2 Å². The Morgan fingerprint density at radius 2 is 1.86 bits per heavy atom.